The fourth-order valence-electron chi connectivity index (χ4n) is 2.43. The van der Waals surface area contributed by atoms with E-state index in [9.17, 15) is 8.42 Å². The van der Waals surface area contributed by atoms with Crippen LogP contribution in [0.15, 0.2) is 12.2 Å². The predicted octanol–water partition coefficient (Wildman–Crippen LogP) is 2.48. The first-order chi connectivity index (χ1) is 9.16. The molecule has 1 aliphatic heterocycles. The van der Waals surface area contributed by atoms with Crippen LogP contribution in [0.5, 0.6) is 0 Å². The van der Waals surface area contributed by atoms with E-state index in [1.807, 2.05) is 6.92 Å². The third-order valence-corrected chi connectivity index (χ3v) is 4.07. The average molecular weight is 306 g/mol. The highest BCUT2D eigenvalue weighted by atomic mass is 32.2. The predicted molar refractivity (Wildman–Crippen MR) is 77.9 cm³/mol. The van der Waals surface area contributed by atoms with Crippen LogP contribution in [0.3, 0.4) is 0 Å². The van der Waals surface area contributed by atoms with Crippen LogP contribution >= 0.6 is 0 Å². The molecule has 1 rings (SSSR count). The van der Waals surface area contributed by atoms with Crippen LogP contribution in [0.2, 0.25) is 0 Å². The van der Waals surface area contributed by atoms with Crippen LogP contribution < -0.4 is 0 Å². The number of rotatable bonds is 6. The minimum absolute atomic E-state index is 0.0371. The van der Waals surface area contributed by atoms with Gasteiger partial charge < -0.3 is 9.47 Å². The molecule has 0 aromatic carbocycles. The Hall–Kier alpha value is -0.430. The Kier molecular flexibility index (Phi) is 5.78. The SMILES string of the molecule is C/C=C/C1([C@H](C)OS(C)(=O)=O)OCC(C)(CCC)CO1. The van der Waals surface area contributed by atoms with E-state index in [2.05, 4.69) is 13.8 Å². The number of allylic oxidation sites excluding steroid dienone is 1. The summed E-state index contributed by atoms with van der Waals surface area (Å²) in [7, 11) is -3.56. The minimum Gasteiger partial charge on any atom is -0.344 e. The second kappa shape index (κ2) is 6.56. The first kappa shape index (κ1) is 17.6. The van der Waals surface area contributed by atoms with Crippen molar-refractivity contribution in [2.75, 3.05) is 19.5 Å². The lowest BCUT2D eigenvalue weighted by molar-refractivity contribution is -0.303. The van der Waals surface area contributed by atoms with E-state index in [4.69, 9.17) is 13.7 Å². The van der Waals surface area contributed by atoms with E-state index in [0.717, 1.165) is 19.1 Å². The first-order valence-corrected chi connectivity index (χ1v) is 8.78. The second-order valence-electron chi connectivity index (χ2n) is 5.80. The van der Waals surface area contributed by atoms with Crippen molar-refractivity contribution in [3.8, 4) is 0 Å². The van der Waals surface area contributed by atoms with E-state index in [0.29, 0.717) is 13.2 Å². The summed E-state index contributed by atoms with van der Waals surface area (Å²) in [5, 5.41) is 0. The topological polar surface area (TPSA) is 61.8 Å². The minimum atomic E-state index is -3.56. The molecule has 1 atom stereocenters. The van der Waals surface area contributed by atoms with Crippen molar-refractivity contribution in [3.05, 3.63) is 12.2 Å². The number of hydrogen-bond acceptors (Lipinski definition) is 5. The second-order valence-corrected chi connectivity index (χ2v) is 7.40. The molecule has 0 aromatic rings. The van der Waals surface area contributed by atoms with Gasteiger partial charge in [0, 0.05) is 5.41 Å². The van der Waals surface area contributed by atoms with E-state index >= 15 is 0 Å². The fourth-order valence-corrected chi connectivity index (χ4v) is 3.09. The summed E-state index contributed by atoms with van der Waals surface area (Å²) in [6, 6.07) is 0. The van der Waals surface area contributed by atoms with Crippen LogP contribution in [-0.2, 0) is 23.8 Å². The Labute approximate surface area is 122 Å². The molecule has 1 saturated heterocycles. The van der Waals surface area contributed by atoms with Gasteiger partial charge in [-0.15, -0.1) is 0 Å². The van der Waals surface area contributed by atoms with Crippen molar-refractivity contribution < 1.29 is 22.1 Å². The Morgan fingerprint density at radius 1 is 1.35 bits per heavy atom. The Balaban J connectivity index is 2.86. The molecule has 0 saturated carbocycles. The molecule has 118 valence electrons. The number of ether oxygens (including phenoxy) is 2. The lowest BCUT2D eigenvalue weighted by atomic mass is 9.86. The molecule has 6 heteroatoms. The summed E-state index contributed by atoms with van der Waals surface area (Å²) in [5.41, 5.74) is -0.0371. The van der Waals surface area contributed by atoms with Crippen LogP contribution in [0.1, 0.15) is 40.5 Å². The molecule has 0 amide bonds. The van der Waals surface area contributed by atoms with Crippen LogP contribution in [0.25, 0.3) is 0 Å². The molecule has 5 nitrogen and oxygen atoms in total. The zero-order valence-electron chi connectivity index (χ0n) is 13.0. The monoisotopic (exact) mass is 306 g/mol. The smallest absolute Gasteiger partial charge is 0.264 e. The van der Waals surface area contributed by atoms with Gasteiger partial charge in [-0.05, 0) is 26.3 Å². The first-order valence-electron chi connectivity index (χ1n) is 6.96. The van der Waals surface area contributed by atoms with Crippen LogP contribution in [-0.4, -0.2) is 39.8 Å². The highest BCUT2D eigenvalue weighted by Crippen LogP contribution is 2.37. The zero-order valence-corrected chi connectivity index (χ0v) is 13.8. The van der Waals surface area contributed by atoms with Gasteiger partial charge in [-0.2, -0.15) is 8.42 Å². The van der Waals surface area contributed by atoms with Gasteiger partial charge in [0.25, 0.3) is 10.1 Å². The van der Waals surface area contributed by atoms with Gasteiger partial charge in [-0.1, -0.05) is 26.3 Å². The largest absolute Gasteiger partial charge is 0.344 e. The molecule has 0 aliphatic carbocycles. The van der Waals surface area contributed by atoms with E-state index in [-0.39, 0.29) is 5.41 Å². The van der Waals surface area contributed by atoms with Crippen molar-refractivity contribution in [1.82, 2.24) is 0 Å². The van der Waals surface area contributed by atoms with E-state index < -0.39 is 22.0 Å². The lowest BCUT2D eigenvalue weighted by Crippen LogP contribution is -2.54. The molecule has 0 spiro atoms. The normalized spacial score (nSPS) is 33.5. The third kappa shape index (κ3) is 4.55. The van der Waals surface area contributed by atoms with Crippen molar-refractivity contribution in [3.63, 3.8) is 0 Å². The maximum atomic E-state index is 11.3. The van der Waals surface area contributed by atoms with Crippen molar-refractivity contribution in [2.45, 2.75) is 52.4 Å². The van der Waals surface area contributed by atoms with Gasteiger partial charge in [0.05, 0.1) is 19.5 Å². The third-order valence-electron chi connectivity index (χ3n) is 3.43. The van der Waals surface area contributed by atoms with E-state index in [1.54, 1.807) is 19.1 Å². The summed E-state index contributed by atoms with van der Waals surface area (Å²) >= 11 is 0. The molecule has 1 aliphatic rings. The average Bonchev–Trinajstić information content (AvgIpc) is 2.31. The zero-order chi connectivity index (χ0) is 15.4. The van der Waals surface area contributed by atoms with Crippen molar-refractivity contribution in [1.29, 1.82) is 0 Å². The summed E-state index contributed by atoms with van der Waals surface area (Å²) in [4.78, 5) is 0. The van der Waals surface area contributed by atoms with Gasteiger partial charge in [-0.3, -0.25) is 4.18 Å². The maximum absolute atomic E-state index is 11.3. The molecule has 0 N–H and O–H groups in total. The van der Waals surface area contributed by atoms with Crippen LogP contribution in [0.4, 0.5) is 0 Å². The summed E-state index contributed by atoms with van der Waals surface area (Å²) < 4.78 is 39.4. The maximum Gasteiger partial charge on any atom is 0.264 e. The lowest BCUT2D eigenvalue weighted by Gasteiger charge is -2.45. The van der Waals surface area contributed by atoms with Gasteiger partial charge in [-0.25, -0.2) is 0 Å². The van der Waals surface area contributed by atoms with Crippen LogP contribution in [0, 0.1) is 5.41 Å². The molecule has 0 unspecified atom stereocenters. The Bertz CT molecular complexity index is 432. The molecule has 20 heavy (non-hydrogen) atoms. The molecule has 0 aromatic heterocycles. The quantitative estimate of drug-likeness (QED) is 0.557. The molecular weight excluding hydrogens is 280 g/mol. The number of hydrogen-bond donors (Lipinski definition) is 0. The molecule has 0 radical (unpaired) electrons. The van der Waals surface area contributed by atoms with E-state index in [1.165, 1.54) is 0 Å². The summed E-state index contributed by atoms with van der Waals surface area (Å²) in [6.07, 6.45) is 5.84. The molecule has 1 fully saturated rings. The fraction of sp³-hybridized carbons (Fsp3) is 0.857. The highest BCUT2D eigenvalue weighted by molar-refractivity contribution is 7.86. The molecule has 0 bridgehead atoms. The van der Waals surface area contributed by atoms with Gasteiger partial charge in [0.1, 0.15) is 6.10 Å². The molecular formula is C14H26O5S. The van der Waals surface area contributed by atoms with Gasteiger partial charge in [0.2, 0.25) is 5.79 Å². The highest BCUT2D eigenvalue weighted by Gasteiger charge is 2.46. The Morgan fingerprint density at radius 2 is 1.90 bits per heavy atom. The summed E-state index contributed by atoms with van der Waals surface area (Å²) in [6.45, 7) is 8.74. The standard InChI is InChI=1S/C14H26O5S/c1-6-8-13(4)10-17-14(9-7-2,18-11-13)12(3)19-20(5,15)16/h7,9,12H,6,8,10-11H2,1-5H3/b9-7+/t12-,13?,14?/m0/s1. The van der Waals surface area contributed by atoms with Crippen molar-refractivity contribution >= 4 is 10.1 Å². The Morgan fingerprint density at radius 3 is 2.30 bits per heavy atom. The van der Waals surface area contributed by atoms with Crippen molar-refractivity contribution in [2.24, 2.45) is 5.41 Å². The van der Waals surface area contributed by atoms with Gasteiger partial charge >= 0.3 is 0 Å². The van der Waals surface area contributed by atoms with Gasteiger partial charge in [0.15, 0.2) is 0 Å². The summed E-state index contributed by atoms with van der Waals surface area (Å²) in [5.74, 6) is -1.13. The molecule has 1 heterocycles.